The minimum atomic E-state index is 0.184. The van der Waals surface area contributed by atoms with Crippen LogP contribution in [0.15, 0.2) is 6.20 Å². The molecule has 0 aliphatic carbocycles. The number of fused-ring (bicyclic) bond motifs is 1. The molecule has 0 amide bonds. The Hall–Kier alpha value is -0.790. The fraction of sp³-hybridized carbons (Fsp3) is 0.769. The molecule has 0 saturated carbocycles. The average Bonchev–Trinajstić information content (AvgIpc) is 2.45. The van der Waals surface area contributed by atoms with Gasteiger partial charge in [-0.15, -0.1) is 0 Å². The van der Waals surface area contributed by atoms with E-state index < -0.39 is 0 Å². The van der Waals surface area contributed by atoms with Gasteiger partial charge in [-0.3, -0.25) is 4.68 Å². The predicted octanol–water partition coefficient (Wildman–Crippen LogP) is 3.29. The number of hydrogen-bond acceptors (Lipinski definition) is 1. The molecule has 0 saturated heterocycles. The maximum absolute atomic E-state index is 4.56. The molecule has 1 unspecified atom stereocenters. The van der Waals surface area contributed by atoms with Gasteiger partial charge < -0.3 is 0 Å². The van der Waals surface area contributed by atoms with E-state index >= 15 is 0 Å². The summed E-state index contributed by atoms with van der Waals surface area (Å²) >= 11 is 0. The lowest BCUT2D eigenvalue weighted by Crippen LogP contribution is -2.32. The van der Waals surface area contributed by atoms with Crippen LogP contribution < -0.4 is 0 Å². The average molecular weight is 206 g/mol. The molecule has 0 N–H and O–H groups in total. The lowest BCUT2D eigenvalue weighted by Gasteiger charge is -2.33. The van der Waals surface area contributed by atoms with Crippen molar-refractivity contribution in [3.63, 3.8) is 0 Å². The predicted molar refractivity (Wildman–Crippen MR) is 63.0 cm³/mol. The summed E-state index contributed by atoms with van der Waals surface area (Å²) in [6, 6.07) is 0. The standard InChI is InChI=1S/C13H22N2/c1-10-6-5-7-12-11(2)9-14-15(12)13(3,4)8-10/h9-10H,5-8H2,1-4H3. The van der Waals surface area contributed by atoms with E-state index in [0.717, 1.165) is 5.92 Å². The minimum absolute atomic E-state index is 0.184. The van der Waals surface area contributed by atoms with Crippen LogP contribution in [-0.2, 0) is 12.0 Å². The Balaban J connectivity index is 2.41. The third kappa shape index (κ3) is 1.95. The van der Waals surface area contributed by atoms with Crippen LogP contribution in [0.2, 0.25) is 0 Å². The van der Waals surface area contributed by atoms with E-state index in [9.17, 15) is 0 Å². The smallest absolute Gasteiger partial charge is 0.0577 e. The van der Waals surface area contributed by atoms with Gasteiger partial charge in [-0.25, -0.2) is 0 Å². The second-order valence-corrected chi connectivity index (χ2v) is 5.70. The van der Waals surface area contributed by atoms with E-state index in [1.54, 1.807) is 0 Å². The second-order valence-electron chi connectivity index (χ2n) is 5.70. The van der Waals surface area contributed by atoms with E-state index in [1.165, 1.54) is 36.9 Å². The molecule has 2 heterocycles. The van der Waals surface area contributed by atoms with E-state index in [0.29, 0.717) is 0 Å². The van der Waals surface area contributed by atoms with Crippen LogP contribution in [0, 0.1) is 12.8 Å². The first-order valence-electron chi connectivity index (χ1n) is 6.05. The molecular formula is C13H22N2. The number of nitrogens with zero attached hydrogens (tertiary/aromatic N) is 2. The third-order valence-electron chi connectivity index (χ3n) is 3.61. The molecule has 0 spiro atoms. The van der Waals surface area contributed by atoms with Crippen molar-refractivity contribution in [1.82, 2.24) is 9.78 Å². The van der Waals surface area contributed by atoms with Crippen molar-refractivity contribution in [1.29, 1.82) is 0 Å². The second kappa shape index (κ2) is 3.66. The highest BCUT2D eigenvalue weighted by Crippen LogP contribution is 2.31. The van der Waals surface area contributed by atoms with Gasteiger partial charge in [-0.05, 0) is 51.5 Å². The molecule has 0 fully saturated rings. The lowest BCUT2D eigenvalue weighted by molar-refractivity contribution is 0.224. The largest absolute Gasteiger partial charge is 0.264 e. The topological polar surface area (TPSA) is 17.8 Å². The van der Waals surface area contributed by atoms with Crippen molar-refractivity contribution in [2.45, 2.75) is 58.9 Å². The van der Waals surface area contributed by atoms with Gasteiger partial charge in [0.15, 0.2) is 0 Å². The first kappa shape index (κ1) is 10.7. The van der Waals surface area contributed by atoms with Crippen molar-refractivity contribution < 1.29 is 0 Å². The van der Waals surface area contributed by atoms with Crippen LogP contribution in [-0.4, -0.2) is 9.78 Å². The Morgan fingerprint density at radius 3 is 2.93 bits per heavy atom. The van der Waals surface area contributed by atoms with Gasteiger partial charge in [0.25, 0.3) is 0 Å². The highest BCUT2D eigenvalue weighted by atomic mass is 15.3. The quantitative estimate of drug-likeness (QED) is 0.637. The maximum atomic E-state index is 4.56. The van der Waals surface area contributed by atoms with E-state index in [4.69, 9.17) is 0 Å². The third-order valence-corrected chi connectivity index (χ3v) is 3.61. The first-order chi connectivity index (χ1) is 7.00. The highest BCUT2D eigenvalue weighted by molar-refractivity contribution is 5.18. The molecule has 1 atom stereocenters. The minimum Gasteiger partial charge on any atom is -0.264 e. The fourth-order valence-corrected chi connectivity index (χ4v) is 2.94. The van der Waals surface area contributed by atoms with Crippen molar-refractivity contribution in [2.75, 3.05) is 0 Å². The van der Waals surface area contributed by atoms with Gasteiger partial charge in [0.2, 0.25) is 0 Å². The zero-order valence-electron chi connectivity index (χ0n) is 10.4. The Kier molecular flexibility index (Phi) is 2.61. The number of aromatic nitrogens is 2. The molecule has 1 aromatic rings. The normalized spacial score (nSPS) is 25.5. The number of aryl methyl sites for hydroxylation is 1. The summed E-state index contributed by atoms with van der Waals surface area (Å²) in [6.45, 7) is 9.17. The zero-order chi connectivity index (χ0) is 11.1. The van der Waals surface area contributed by atoms with Gasteiger partial charge in [-0.1, -0.05) is 13.3 Å². The Morgan fingerprint density at radius 1 is 1.47 bits per heavy atom. The number of rotatable bonds is 0. The molecule has 2 heteroatoms. The molecule has 0 radical (unpaired) electrons. The van der Waals surface area contributed by atoms with E-state index in [2.05, 4.69) is 37.5 Å². The zero-order valence-corrected chi connectivity index (χ0v) is 10.4. The molecule has 84 valence electrons. The monoisotopic (exact) mass is 206 g/mol. The first-order valence-corrected chi connectivity index (χ1v) is 6.05. The van der Waals surface area contributed by atoms with Crippen LogP contribution >= 0.6 is 0 Å². The van der Waals surface area contributed by atoms with Gasteiger partial charge in [0.1, 0.15) is 0 Å². The van der Waals surface area contributed by atoms with Crippen molar-refractivity contribution in [3.05, 3.63) is 17.5 Å². The summed E-state index contributed by atoms with van der Waals surface area (Å²) in [4.78, 5) is 0. The van der Waals surface area contributed by atoms with Crippen molar-refractivity contribution in [2.24, 2.45) is 5.92 Å². The molecular weight excluding hydrogens is 184 g/mol. The molecule has 15 heavy (non-hydrogen) atoms. The van der Waals surface area contributed by atoms with Gasteiger partial charge >= 0.3 is 0 Å². The molecule has 0 aromatic carbocycles. The highest BCUT2D eigenvalue weighted by Gasteiger charge is 2.28. The van der Waals surface area contributed by atoms with Crippen LogP contribution in [0.5, 0.6) is 0 Å². The summed E-state index contributed by atoms with van der Waals surface area (Å²) in [7, 11) is 0. The Bertz CT molecular complexity index is 349. The van der Waals surface area contributed by atoms with Crippen LogP contribution in [0.4, 0.5) is 0 Å². The van der Waals surface area contributed by atoms with Gasteiger partial charge in [0.05, 0.1) is 11.7 Å². The fourth-order valence-electron chi connectivity index (χ4n) is 2.94. The van der Waals surface area contributed by atoms with Crippen molar-refractivity contribution in [3.8, 4) is 0 Å². The molecule has 1 aromatic heterocycles. The summed E-state index contributed by atoms with van der Waals surface area (Å²) in [5, 5.41) is 4.56. The summed E-state index contributed by atoms with van der Waals surface area (Å²) < 4.78 is 2.26. The van der Waals surface area contributed by atoms with Crippen molar-refractivity contribution >= 4 is 0 Å². The summed E-state index contributed by atoms with van der Waals surface area (Å²) in [5.41, 5.74) is 2.99. The Morgan fingerprint density at radius 2 is 2.20 bits per heavy atom. The van der Waals surface area contributed by atoms with Gasteiger partial charge in [-0.2, -0.15) is 5.10 Å². The molecule has 2 nitrogen and oxygen atoms in total. The maximum Gasteiger partial charge on any atom is 0.0577 e. The van der Waals surface area contributed by atoms with E-state index in [1.807, 2.05) is 6.20 Å². The molecule has 0 bridgehead atoms. The lowest BCUT2D eigenvalue weighted by atomic mass is 9.86. The van der Waals surface area contributed by atoms with Gasteiger partial charge in [0, 0.05) is 5.69 Å². The SMILES string of the molecule is Cc1cnn2c1CCCC(C)CC2(C)C. The Labute approximate surface area is 92.7 Å². The number of hydrogen-bond donors (Lipinski definition) is 0. The van der Waals surface area contributed by atoms with Crippen LogP contribution in [0.1, 0.15) is 51.3 Å². The molecule has 1 aliphatic rings. The molecule has 2 rings (SSSR count). The molecule has 1 aliphatic heterocycles. The summed E-state index contributed by atoms with van der Waals surface area (Å²) in [6.07, 6.45) is 7.12. The summed E-state index contributed by atoms with van der Waals surface area (Å²) in [5.74, 6) is 0.817. The van der Waals surface area contributed by atoms with Crippen LogP contribution in [0.3, 0.4) is 0 Å². The van der Waals surface area contributed by atoms with E-state index in [-0.39, 0.29) is 5.54 Å². The van der Waals surface area contributed by atoms with Crippen LogP contribution in [0.25, 0.3) is 0 Å².